The molecule has 1 aliphatic rings. The molecule has 2 amide bonds. The van der Waals surface area contributed by atoms with Gasteiger partial charge in [0.1, 0.15) is 11.9 Å². The van der Waals surface area contributed by atoms with E-state index in [-0.39, 0.29) is 36.5 Å². The van der Waals surface area contributed by atoms with Gasteiger partial charge in [0.2, 0.25) is 5.91 Å². The molecule has 2 heterocycles. The molecule has 0 bridgehead atoms. The summed E-state index contributed by atoms with van der Waals surface area (Å²) in [7, 11) is 0. The zero-order chi connectivity index (χ0) is 21.0. The maximum absolute atomic E-state index is 12.3. The van der Waals surface area contributed by atoms with Crippen LogP contribution in [-0.2, 0) is 16.0 Å². The quantitative estimate of drug-likeness (QED) is 0.652. The summed E-state index contributed by atoms with van der Waals surface area (Å²) in [5, 5.41) is 16.8. The van der Waals surface area contributed by atoms with Gasteiger partial charge >= 0.3 is 6.09 Å². The van der Waals surface area contributed by atoms with Crippen molar-refractivity contribution in [1.29, 1.82) is 0 Å². The fourth-order valence-corrected chi connectivity index (χ4v) is 3.57. The van der Waals surface area contributed by atoms with Gasteiger partial charge in [-0.1, -0.05) is 12.1 Å². The zero-order valence-electron chi connectivity index (χ0n) is 17.4. The van der Waals surface area contributed by atoms with E-state index in [1.165, 1.54) is 0 Å². The van der Waals surface area contributed by atoms with Crippen LogP contribution in [0.15, 0.2) is 10.6 Å². The Hall–Kier alpha value is -2.84. The van der Waals surface area contributed by atoms with Gasteiger partial charge in [0, 0.05) is 29.3 Å². The minimum Gasteiger partial charge on any atom is -0.447 e. The van der Waals surface area contributed by atoms with Gasteiger partial charge in [0.05, 0.1) is 12.1 Å². The van der Waals surface area contributed by atoms with Crippen molar-refractivity contribution < 1.29 is 18.8 Å². The molecule has 0 radical (unpaired) electrons. The van der Waals surface area contributed by atoms with Crippen LogP contribution >= 0.6 is 0 Å². The number of aromatic nitrogens is 3. The van der Waals surface area contributed by atoms with Crippen LogP contribution in [0.5, 0.6) is 0 Å². The molecule has 158 valence electrons. The summed E-state index contributed by atoms with van der Waals surface area (Å²) < 4.78 is 10.4. The highest BCUT2D eigenvalue weighted by molar-refractivity contribution is 5.91. The first-order chi connectivity index (χ1) is 13.9. The number of nitrogens with one attached hydrogen (secondary N) is 3. The first kappa shape index (κ1) is 20.9. The second-order valence-electron chi connectivity index (χ2n) is 7.71. The van der Waals surface area contributed by atoms with Gasteiger partial charge in [0.25, 0.3) is 0 Å². The Bertz CT molecular complexity index is 839. The number of alkyl carbamates (subject to hydrolysis) is 1. The molecule has 1 aliphatic carbocycles. The van der Waals surface area contributed by atoms with Gasteiger partial charge in [-0.2, -0.15) is 5.10 Å². The van der Waals surface area contributed by atoms with Gasteiger partial charge in [-0.05, 0) is 46.5 Å². The van der Waals surface area contributed by atoms with Crippen LogP contribution in [0.3, 0.4) is 0 Å². The molecule has 3 rings (SSSR count). The summed E-state index contributed by atoms with van der Waals surface area (Å²) in [4.78, 5) is 24.2. The van der Waals surface area contributed by atoms with Crippen LogP contribution in [0, 0.1) is 13.8 Å². The minimum atomic E-state index is -0.359. The van der Waals surface area contributed by atoms with Gasteiger partial charge in [-0.15, -0.1) is 0 Å². The average Bonchev–Trinajstić information content (AvgIpc) is 3.39. The smallest absolute Gasteiger partial charge is 0.407 e. The van der Waals surface area contributed by atoms with Crippen LogP contribution in [0.2, 0.25) is 0 Å². The van der Waals surface area contributed by atoms with Crippen LogP contribution in [0.25, 0.3) is 0 Å². The van der Waals surface area contributed by atoms with Crippen molar-refractivity contribution in [2.24, 2.45) is 0 Å². The van der Waals surface area contributed by atoms with Crippen molar-refractivity contribution in [1.82, 2.24) is 20.7 Å². The van der Waals surface area contributed by atoms with E-state index in [4.69, 9.17) is 9.26 Å². The van der Waals surface area contributed by atoms with Crippen molar-refractivity contribution in [3.8, 4) is 0 Å². The summed E-state index contributed by atoms with van der Waals surface area (Å²) in [6.45, 7) is 7.46. The van der Waals surface area contributed by atoms with Gasteiger partial charge in [0.15, 0.2) is 5.82 Å². The number of ether oxygens (including phenoxy) is 1. The van der Waals surface area contributed by atoms with Crippen molar-refractivity contribution >= 4 is 17.8 Å². The summed E-state index contributed by atoms with van der Waals surface area (Å²) in [5.41, 5.74) is 2.47. The number of rotatable bonds is 7. The molecule has 0 saturated heterocycles. The Morgan fingerprint density at radius 2 is 2.17 bits per heavy atom. The summed E-state index contributed by atoms with van der Waals surface area (Å²) >= 11 is 0. The van der Waals surface area contributed by atoms with Crippen LogP contribution in [0.1, 0.15) is 68.2 Å². The van der Waals surface area contributed by atoms with Crippen LogP contribution in [0.4, 0.5) is 10.6 Å². The molecule has 1 fully saturated rings. The predicted octanol–water partition coefficient (Wildman–Crippen LogP) is 3.36. The first-order valence-corrected chi connectivity index (χ1v) is 10.1. The van der Waals surface area contributed by atoms with E-state index in [1.807, 2.05) is 26.8 Å². The van der Waals surface area contributed by atoms with E-state index in [9.17, 15) is 9.59 Å². The summed E-state index contributed by atoms with van der Waals surface area (Å²) in [6.07, 6.45) is 3.16. The number of anilines is 1. The van der Waals surface area contributed by atoms with E-state index < -0.39 is 0 Å². The summed E-state index contributed by atoms with van der Waals surface area (Å²) in [6, 6.07) is 1.94. The molecular formula is C20H29N5O4. The largest absolute Gasteiger partial charge is 0.447 e. The molecule has 0 aliphatic heterocycles. The fraction of sp³-hybridized carbons (Fsp3) is 0.600. The standard InChI is InChI=1S/C20H29N5O4/c1-5-11(2)28-20(27)21-15-7-6-14(8-15)17-10-18(24-23-17)22-19(26)9-16-12(3)25-29-13(16)4/h10-11,14-15H,5-9H2,1-4H3,(H,21,27)(H2,22,23,24,26). The lowest BCUT2D eigenvalue weighted by Gasteiger charge is -2.16. The molecule has 3 unspecified atom stereocenters. The minimum absolute atomic E-state index is 0.0810. The van der Waals surface area contributed by atoms with Crippen LogP contribution < -0.4 is 10.6 Å². The van der Waals surface area contributed by atoms with E-state index in [1.54, 1.807) is 6.92 Å². The molecule has 2 aromatic heterocycles. The number of carbonyl (C=O) groups is 2. The lowest BCUT2D eigenvalue weighted by atomic mass is 10.0. The number of hydrogen-bond donors (Lipinski definition) is 3. The highest BCUT2D eigenvalue weighted by atomic mass is 16.6. The molecule has 9 nitrogen and oxygen atoms in total. The Morgan fingerprint density at radius 3 is 2.86 bits per heavy atom. The molecule has 9 heteroatoms. The maximum Gasteiger partial charge on any atom is 0.407 e. The van der Waals surface area contributed by atoms with Gasteiger partial charge < -0.3 is 19.9 Å². The van der Waals surface area contributed by atoms with E-state index in [0.29, 0.717) is 11.6 Å². The second kappa shape index (κ2) is 9.11. The molecule has 0 aromatic carbocycles. The number of nitrogens with zero attached hydrogens (tertiary/aromatic N) is 2. The van der Waals surface area contributed by atoms with Crippen molar-refractivity contribution in [2.75, 3.05) is 5.32 Å². The molecule has 3 N–H and O–H groups in total. The predicted molar refractivity (Wildman–Crippen MR) is 107 cm³/mol. The second-order valence-corrected chi connectivity index (χ2v) is 7.71. The lowest BCUT2D eigenvalue weighted by Crippen LogP contribution is -2.35. The van der Waals surface area contributed by atoms with E-state index >= 15 is 0 Å². The van der Waals surface area contributed by atoms with E-state index in [0.717, 1.165) is 42.6 Å². The molecule has 0 spiro atoms. The van der Waals surface area contributed by atoms with Crippen LogP contribution in [-0.4, -0.2) is 39.5 Å². The number of amides is 2. The monoisotopic (exact) mass is 403 g/mol. The SMILES string of the molecule is CCC(C)OC(=O)NC1CCC(c2cc(NC(=O)Cc3c(C)noc3C)n[nH]2)C1. The number of carbonyl (C=O) groups excluding carboxylic acids is 2. The highest BCUT2D eigenvalue weighted by Gasteiger charge is 2.29. The van der Waals surface area contributed by atoms with Gasteiger partial charge in [-0.25, -0.2) is 4.79 Å². The molecular weight excluding hydrogens is 374 g/mol. The van der Waals surface area contributed by atoms with Crippen molar-refractivity contribution in [3.05, 3.63) is 28.8 Å². The molecule has 3 atom stereocenters. The summed E-state index contributed by atoms with van der Waals surface area (Å²) in [5.74, 6) is 1.22. The van der Waals surface area contributed by atoms with Crippen molar-refractivity contribution in [2.45, 2.75) is 77.9 Å². The average molecular weight is 403 g/mol. The normalized spacial score (nSPS) is 19.7. The Balaban J connectivity index is 1.50. The third-order valence-electron chi connectivity index (χ3n) is 5.46. The third-order valence-corrected chi connectivity index (χ3v) is 5.46. The number of H-pyrrole nitrogens is 1. The van der Waals surface area contributed by atoms with Gasteiger partial charge in [-0.3, -0.25) is 9.89 Å². The topological polar surface area (TPSA) is 122 Å². The first-order valence-electron chi connectivity index (χ1n) is 10.1. The number of hydrogen-bond acceptors (Lipinski definition) is 6. The third kappa shape index (κ3) is 5.36. The molecule has 29 heavy (non-hydrogen) atoms. The lowest BCUT2D eigenvalue weighted by molar-refractivity contribution is -0.115. The fourth-order valence-electron chi connectivity index (χ4n) is 3.57. The molecule has 1 saturated carbocycles. The maximum atomic E-state index is 12.3. The number of aryl methyl sites for hydroxylation is 2. The van der Waals surface area contributed by atoms with E-state index in [2.05, 4.69) is 26.0 Å². The zero-order valence-corrected chi connectivity index (χ0v) is 17.4. The highest BCUT2D eigenvalue weighted by Crippen LogP contribution is 2.34. The van der Waals surface area contributed by atoms with Crippen molar-refractivity contribution in [3.63, 3.8) is 0 Å². The number of aromatic amines is 1. The Kier molecular flexibility index (Phi) is 6.56. The Morgan fingerprint density at radius 1 is 1.38 bits per heavy atom. The molecule has 2 aromatic rings. The Labute approximate surface area is 169 Å².